The molecule has 4 nitrogen and oxygen atoms in total. The Morgan fingerprint density at radius 1 is 1.40 bits per heavy atom. The van der Waals surface area contributed by atoms with Gasteiger partial charge < -0.3 is 15.3 Å². The summed E-state index contributed by atoms with van der Waals surface area (Å²) in [6, 6.07) is 10.6. The minimum Gasteiger partial charge on any atom is -0.396 e. The number of nitrogens with one attached hydrogen (secondary N) is 1. The quantitative estimate of drug-likeness (QED) is 0.888. The summed E-state index contributed by atoms with van der Waals surface area (Å²) in [4.78, 5) is 14.5. The lowest BCUT2D eigenvalue weighted by molar-refractivity contribution is 0.167. The van der Waals surface area contributed by atoms with E-state index in [1.54, 1.807) is 0 Å². The zero-order valence-electron chi connectivity index (χ0n) is 11.8. The first-order chi connectivity index (χ1) is 9.70. The fourth-order valence-corrected chi connectivity index (χ4v) is 3.71. The van der Waals surface area contributed by atoms with Crippen LogP contribution in [0.5, 0.6) is 0 Å². The molecule has 4 heteroatoms. The van der Waals surface area contributed by atoms with E-state index in [9.17, 15) is 9.90 Å². The van der Waals surface area contributed by atoms with Crippen LogP contribution in [0.4, 0.5) is 4.79 Å². The monoisotopic (exact) mass is 274 g/mol. The third kappa shape index (κ3) is 2.29. The smallest absolute Gasteiger partial charge is 0.318 e. The standard InChI is InChI=1S/C16H22N2O2/c1-11(12-5-3-2-4-6-12)17-16(20)18-14-7-8-15(18)13(9-14)10-19/h2-6,11,13-15,19H,7-10H2,1H3,(H,17,20)/t11-,13?,14?,15?/m0/s1. The normalized spacial score (nSPS) is 29.5. The van der Waals surface area contributed by atoms with Crippen molar-refractivity contribution < 1.29 is 9.90 Å². The number of aliphatic hydroxyl groups is 1. The topological polar surface area (TPSA) is 52.6 Å². The predicted molar refractivity (Wildman–Crippen MR) is 77.2 cm³/mol. The molecule has 2 amide bonds. The van der Waals surface area contributed by atoms with Gasteiger partial charge in [0.2, 0.25) is 0 Å². The first kappa shape index (κ1) is 13.4. The molecule has 3 rings (SSSR count). The molecule has 2 heterocycles. The molecule has 0 saturated carbocycles. The van der Waals surface area contributed by atoms with Crippen molar-refractivity contribution in [3.8, 4) is 0 Å². The third-order valence-electron chi connectivity index (χ3n) is 4.77. The molecule has 2 saturated heterocycles. The van der Waals surface area contributed by atoms with Gasteiger partial charge in [0, 0.05) is 24.6 Å². The maximum atomic E-state index is 12.5. The Morgan fingerprint density at radius 3 is 2.80 bits per heavy atom. The third-order valence-corrected chi connectivity index (χ3v) is 4.77. The highest BCUT2D eigenvalue weighted by molar-refractivity contribution is 5.76. The Labute approximate surface area is 119 Å². The van der Waals surface area contributed by atoms with Crippen molar-refractivity contribution in [2.45, 2.75) is 44.3 Å². The number of carbonyl (C=O) groups excluding carboxylic acids is 1. The predicted octanol–water partition coefficient (Wildman–Crippen LogP) is 2.30. The van der Waals surface area contributed by atoms with Gasteiger partial charge in [0.15, 0.2) is 0 Å². The molecule has 108 valence electrons. The number of fused-ring (bicyclic) bond motifs is 2. The van der Waals surface area contributed by atoms with Crippen molar-refractivity contribution in [3.05, 3.63) is 35.9 Å². The largest absolute Gasteiger partial charge is 0.396 e. The van der Waals surface area contributed by atoms with E-state index in [0.29, 0.717) is 6.04 Å². The number of hydrogen-bond donors (Lipinski definition) is 2. The summed E-state index contributed by atoms with van der Waals surface area (Å²) in [7, 11) is 0. The molecule has 0 spiro atoms. The van der Waals surface area contributed by atoms with Crippen LogP contribution in [0.1, 0.15) is 37.8 Å². The van der Waals surface area contributed by atoms with E-state index in [4.69, 9.17) is 0 Å². The van der Waals surface area contributed by atoms with Gasteiger partial charge in [-0.25, -0.2) is 4.79 Å². The lowest BCUT2D eigenvalue weighted by Crippen LogP contribution is -2.44. The van der Waals surface area contributed by atoms with Crippen molar-refractivity contribution in [1.29, 1.82) is 0 Å². The molecule has 2 bridgehead atoms. The van der Waals surface area contributed by atoms with Crippen LogP contribution < -0.4 is 5.32 Å². The average molecular weight is 274 g/mol. The van der Waals surface area contributed by atoms with E-state index in [-0.39, 0.29) is 30.6 Å². The van der Waals surface area contributed by atoms with Gasteiger partial charge in [-0.3, -0.25) is 0 Å². The number of hydrogen-bond acceptors (Lipinski definition) is 2. The fraction of sp³-hybridized carbons (Fsp3) is 0.562. The molecule has 3 unspecified atom stereocenters. The summed E-state index contributed by atoms with van der Waals surface area (Å²) >= 11 is 0. The maximum Gasteiger partial charge on any atom is 0.318 e. The van der Waals surface area contributed by atoms with Crippen molar-refractivity contribution in [2.75, 3.05) is 6.61 Å². The molecule has 4 atom stereocenters. The van der Waals surface area contributed by atoms with Crippen LogP contribution in [0.25, 0.3) is 0 Å². The number of aliphatic hydroxyl groups excluding tert-OH is 1. The molecule has 1 aromatic rings. The maximum absolute atomic E-state index is 12.5. The minimum atomic E-state index is 0.0104. The second-order valence-corrected chi connectivity index (χ2v) is 5.97. The van der Waals surface area contributed by atoms with Gasteiger partial charge in [0.25, 0.3) is 0 Å². The molecule has 0 radical (unpaired) electrons. The summed E-state index contributed by atoms with van der Waals surface area (Å²) in [6.07, 6.45) is 3.06. The Kier molecular flexibility index (Phi) is 3.66. The summed E-state index contributed by atoms with van der Waals surface area (Å²) in [5.41, 5.74) is 1.12. The second kappa shape index (κ2) is 5.44. The van der Waals surface area contributed by atoms with Crippen molar-refractivity contribution in [3.63, 3.8) is 0 Å². The molecule has 2 aliphatic heterocycles. The highest BCUT2D eigenvalue weighted by Gasteiger charge is 2.48. The number of benzene rings is 1. The molecular weight excluding hydrogens is 252 g/mol. The summed E-state index contributed by atoms with van der Waals surface area (Å²) in [5, 5.41) is 12.5. The number of urea groups is 1. The van der Waals surface area contributed by atoms with Gasteiger partial charge in [-0.1, -0.05) is 30.3 Å². The molecule has 20 heavy (non-hydrogen) atoms. The average Bonchev–Trinajstić information content (AvgIpc) is 3.05. The van der Waals surface area contributed by atoms with E-state index < -0.39 is 0 Å². The zero-order valence-corrected chi connectivity index (χ0v) is 11.8. The van der Waals surface area contributed by atoms with Gasteiger partial charge >= 0.3 is 6.03 Å². The van der Waals surface area contributed by atoms with E-state index in [1.165, 1.54) is 0 Å². The van der Waals surface area contributed by atoms with Crippen LogP contribution in [-0.4, -0.2) is 34.7 Å². The summed E-state index contributed by atoms with van der Waals surface area (Å²) in [5.74, 6) is 0.270. The van der Waals surface area contributed by atoms with Crippen LogP contribution in [0.2, 0.25) is 0 Å². The lowest BCUT2D eigenvalue weighted by atomic mass is 9.90. The molecule has 0 aromatic heterocycles. The van der Waals surface area contributed by atoms with Crippen LogP contribution in [0, 0.1) is 5.92 Å². The summed E-state index contributed by atoms with van der Waals surface area (Å²) in [6.45, 7) is 2.20. The highest BCUT2D eigenvalue weighted by atomic mass is 16.3. The first-order valence-electron chi connectivity index (χ1n) is 7.45. The van der Waals surface area contributed by atoms with Gasteiger partial charge in [0.05, 0.1) is 6.04 Å². The first-order valence-corrected chi connectivity index (χ1v) is 7.45. The molecular formula is C16H22N2O2. The fourth-order valence-electron chi connectivity index (χ4n) is 3.71. The van der Waals surface area contributed by atoms with E-state index in [2.05, 4.69) is 5.32 Å². The molecule has 2 N–H and O–H groups in total. The van der Waals surface area contributed by atoms with Gasteiger partial charge in [0.1, 0.15) is 0 Å². The van der Waals surface area contributed by atoms with Gasteiger partial charge in [-0.05, 0) is 31.7 Å². The molecule has 0 aliphatic carbocycles. The minimum absolute atomic E-state index is 0.0104. The Balaban J connectivity index is 1.66. The molecule has 2 fully saturated rings. The molecule has 2 aliphatic rings. The zero-order chi connectivity index (χ0) is 14.1. The van der Waals surface area contributed by atoms with E-state index in [1.807, 2.05) is 42.2 Å². The van der Waals surface area contributed by atoms with Gasteiger partial charge in [-0.15, -0.1) is 0 Å². The Morgan fingerprint density at radius 2 is 2.15 bits per heavy atom. The van der Waals surface area contributed by atoms with Crippen LogP contribution >= 0.6 is 0 Å². The van der Waals surface area contributed by atoms with E-state index in [0.717, 1.165) is 24.8 Å². The van der Waals surface area contributed by atoms with Crippen LogP contribution in [0.15, 0.2) is 30.3 Å². The Hall–Kier alpha value is -1.55. The second-order valence-electron chi connectivity index (χ2n) is 5.97. The summed E-state index contributed by atoms with van der Waals surface area (Å²) < 4.78 is 0. The van der Waals surface area contributed by atoms with Crippen LogP contribution in [-0.2, 0) is 0 Å². The number of carbonyl (C=O) groups is 1. The van der Waals surface area contributed by atoms with E-state index >= 15 is 0 Å². The van der Waals surface area contributed by atoms with Crippen LogP contribution in [0.3, 0.4) is 0 Å². The number of rotatable bonds is 3. The lowest BCUT2D eigenvalue weighted by Gasteiger charge is -2.26. The molecule has 1 aromatic carbocycles. The van der Waals surface area contributed by atoms with Crippen molar-refractivity contribution in [2.24, 2.45) is 5.92 Å². The number of amides is 2. The number of nitrogens with zero attached hydrogens (tertiary/aromatic N) is 1. The SMILES string of the molecule is C[C@H](NC(=O)N1C2CCC1C(CO)C2)c1ccccc1. The van der Waals surface area contributed by atoms with Crippen molar-refractivity contribution >= 4 is 6.03 Å². The highest BCUT2D eigenvalue weighted by Crippen LogP contribution is 2.41. The Bertz CT molecular complexity index is 477. The van der Waals surface area contributed by atoms with Crippen molar-refractivity contribution in [1.82, 2.24) is 10.2 Å². The van der Waals surface area contributed by atoms with Gasteiger partial charge in [-0.2, -0.15) is 0 Å².